The van der Waals surface area contributed by atoms with E-state index in [0.717, 1.165) is 6.42 Å². The fourth-order valence-electron chi connectivity index (χ4n) is 5.84. The Morgan fingerprint density at radius 1 is 0.690 bits per heavy atom. The zero-order valence-corrected chi connectivity index (χ0v) is 33.7. The van der Waals surface area contributed by atoms with E-state index in [1.165, 1.54) is 43.8 Å². The third-order valence-corrected chi connectivity index (χ3v) is 8.68. The van der Waals surface area contributed by atoms with Crippen molar-refractivity contribution in [2.24, 2.45) is 11.8 Å². The maximum absolute atomic E-state index is 4.93. The van der Waals surface area contributed by atoms with Gasteiger partial charge in [0.25, 0.3) is 0 Å². The Morgan fingerprint density at radius 2 is 1.07 bits per heavy atom. The minimum Gasteiger partial charge on any atom is -0.126 e. The normalized spacial score (nSPS) is 18.4. The van der Waals surface area contributed by atoms with Crippen LogP contribution in [0.4, 0.5) is 0 Å². The van der Waals surface area contributed by atoms with Crippen LogP contribution in [-0.2, 0) is 47.1 Å². The molecule has 42 heavy (non-hydrogen) atoms. The number of halogens is 4. The fourth-order valence-corrected chi connectivity index (χ4v) is 5.84. The molecule has 6 rings (SSSR count). The van der Waals surface area contributed by atoms with Crippen LogP contribution in [0.1, 0.15) is 61.8 Å². The molecule has 3 aliphatic carbocycles. The van der Waals surface area contributed by atoms with E-state index in [4.69, 9.17) is 17.0 Å². The van der Waals surface area contributed by atoms with Crippen LogP contribution in [0.2, 0.25) is 0 Å². The second kappa shape index (κ2) is 19.9. The summed E-state index contributed by atoms with van der Waals surface area (Å²) in [7, 11) is 9.87. The molecular weight excluding hydrogens is 757 g/mol. The molecule has 3 aromatic rings. The molecule has 0 aromatic heterocycles. The first-order valence-electron chi connectivity index (χ1n) is 13.6. The van der Waals surface area contributed by atoms with Gasteiger partial charge in [-0.05, 0) is 75.0 Å². The maximum Gasteiger partial charge on any atom is 3.00 e. The summed E-state index contributed by atoms with van der Waals surface area (Å²) < 4.78 is 0. The van der Waals surface area contributed by atoms with E-state index in [0.29, 0.717) is 11.8 Å². The number of fused-ring (bicyclic) bond motifs is 3. The minimum atomic E-state index is -0.826. The second-order valence-electron chi connectivity index (χ2n) is 10.5. The summed E-state index contributed by atoms with van der Waals surface area (Å²) in [6, 6.07) is 19.3. The first-order chi connectivity index (χ1) is 18.6. The van der Waals surface area contributed by atoms with E-state index in [1.807, 2.05) is 12.2 Å². The van der Waals surface area contributed by atoms with E-state index in [9.17, 15) is 0 Å². The molecule has 0 N–H and O–H groups in total. The van der Waals surface area contributed by atoms with Crippen molar-refractivity contribution < 1.29 is 71.9 Å². The predicted octanol–water partition coefficient (Wildman–Crippen LogP) is 5.99. The monoisotopic (exact) mass is 792 g/mol. The molecular formula is C36H40Cl4Zr2-. The number of hydrogen-bond acceptors (Lipinski definition) is 0. The molecule has 3 aliphatic rings. The number of rotatable bonds is 1. The first kappa shape index (κ1) is 41.7. The van der Waals surface area contributed by atoms with Crippen LogP contribution in [0.25, 0.3) is 21.5 Å². The number of allylic oxidation sites excluding steroid dienone is 12. The molecule has 0 bridgehead atoms. The molecule has 0 nitrogen and oxygen atoms in total. The topological polar surface area (TPSA) is 0 Å². The van der Waals surface area contributed by atoms with Gasteiger partial charge < -0.3 is 24.8 Å². The molecule has 0 saturated heterocycles. The van der Waals surface area contributed by atoms with Crippen molar-refractivity contribution in [1.82, 2.24) is 0 Å². The molecule has 0 saturated carbocycles. The van der Waals surface area contributed by atoms with Gasteiger partial charge >= 0.3 is 64.1 Å². The standard InChI is InChI=1S/C18H26.C13H9.C5H5.4ClH.2Zr/c1-9-10(2)14(6)17(13(9)5)18-15(7)11(3)12(4)16(18)8;1-3-7-12-10(5-1)9-11-6-2-4-8-13(11)12;1-2-4-5-3-1;;;;;;/h13,15H,1-8H3;1-9H;1-3H,4H2;4*1H;;/q;2*-1;;;;;+2;+3/p-4. The van der Waals surface area contributed by atoms with Gasteiger partial charge in [0.2, 0.25) is 0 Å². The van der Waals surface area contributed by atoms with Crippen LogP contribution in [-0.4, -0.2) is 0 Å². The van der Waals surface area contributed by atoms with Crippen molar-refractivity contribution in [3.63, 3.8) is 0 Å². The molecule has 1 radical (unpaired) electrons. The number of hydrogen-bond donors (Lipinski definition) is 0. The molecule has 0 aliphatic heterocycles. The van der Waals surface area contributed by atoms with Gasteiger partial charge in [-0.15, -0.1) is 46.2 Å². The zero-order chi connectivity index (χ0) is 28.7. The van der Waals surface area contributed by atoms with Crippen molar-refractivity contribution in [3.05, 3.63) is 123 Å². The third-order valence-electron chi connectivity index (χ3n) is 8.68. The number of benzene rings is 2. The predicted molar refractivity (Wildman–Crippen MR) is 171 cm³/mol. The quantitative estimate of drug-likeness (QED) is 0.266. The van der Waals surface area contributed by atoms with Crippen LogP contribution in [0.5, 0.6) is 0 Å². The van der Waals surface area contributed by atoms with E-state index in [-0.39, 0.29) is 51.0 Å². The summed E-state index contributed by atoms with van der Waals surface area (Å²) in [6.45, 7) is 18.5. The van der Waals surface area contributed by atoms with Crippen LogP contribution in [0, 0.1) is 17.9 Å². The summed E-state index contributed by atoms with van der Waals surface area (Å²) >= 11 is -0.826. The largest absolute Gasteiger partial charge is 3.00 e. The van der Waals surface area contributed by atoms with Gasteiger partial charge in [0.1, 0.15) is 0 Å². The van der Waals surface area contributed by atoms with Gasteiger partial charge in [0, 0.05) is 11.8 Å². The van der Waals surface area contributed by atoms with Gasteiger partial charge in [0.05, 0.1) is 0 Å². The van der Waals surface area contributed by atoms with Gasteiger partial charge in [-0.3, -0.25) is 6.08 Å². The maximum atomic E-state index is 4.93. The Labute approximate surface area is 304 Å². The Bertz CT molecular complexity index is 1410. The summed E-state index contributed by atoms with van der Waals surface area (Å²) in [5.41, 5.74) is 12.4. The van der Waals surface area contributed by atoms with Gasteiger partial charge in [0.15, 0.2) is 0 Å². The van der Waals surface area contributed by atoms with Crippen molar-refractivity contribution in [1.29, 1.82) is 0 Å². The Kier molecular flexibility index (Phi) is 19.8. The first-order valence-corrected chi connectivity index (χ1v) is 20.0. The van der Waals surface area contributed by atoms with Gasteiger partial charge in [-0.25, -0.2) is 12.2 Å². The SMILES string of the molecule is CC1=C(C)C(C)C(C2=C(C)C(C)=C(C)C2C)=C1C.[C-]1=CC=CC1.[Cl-].[Cl-].[Cl][Zr][Cl].[Zr+3].c1ccc2c(c1)[cH-]c1ccccc12. The Hall–Kier alpha value is -0.324. The molecule has 0 heterocycles. The summed E-state index contributed by atoms with van der Waals surface area (Å²) in [6.07, 6.45) is 10.0. The molecule has 0 spiro atoms. The molecule has 6 heteroatoms. The molecule has 3 aromatic carbocycles. The van der Waals surface area contributed by atoms with Crippen LogP contribution < -0.4 is 24.8 Å². The van der Waals surface area contributed by atoms with Gasteiger partial charge in [-0.1, -0.05) is 61.4 Å². The average molecular weight is 797 g/mol. The van der Waals surface area contributed by atoms with Gasteiger partial charge in [-0.2, -0.15) is 6.08 Å². The Morgan fingerprint density at radius 3 is 1.33 bits per heavy atom. The van der Waals surface area contributed by atoms with E-state index in [2.05, 4.69) is 122 Å². The Balaban J connectivity index is 0.000000613. The average Bonchev–Trinajstić information content (AvgIpc) is 3.71. The summed E-state index contributed by atoms with van der Waals surface area (Å²) in [5, 5.41) is 5.39. The third kappa shape index (κ3) is 9.59. The summed E-state index contributed by atoms with van der Waals surface area (Å²) in [5.74, 6) is 1.19. The van der Waals surface area contributed by atoms with Crippen molar-refractivity contribution in [2.45, 2.75) is 61.8 Å². The van der Waals surface area contributed by atoms with Crippen molar-refractivity contribution in [2.75, 3.05) is 0 Å². The molecule has 2 unspecified atom stereocenters. The van der Waals surface area contributed by atoms with Crippen molar-refractivity contribution in [3.8, 4) is 0 Å². The van der Waals surface area contributed by atoms with Crippen LogP contribution in [0.3, 0.4) is 0 Å². The van der Waals surface area contributed by atoms with E-state index in [1.54, 1.807) is 22.3 Å². The zero-order valence-electron chi connectivity index (χ0n) is 25.8. The van der Waals surface area contributed by atoms with Crippen molar-refractivity contribution >= 4 is 38.6 Å². The molecule has 2 atom stereocenters. The minimum absolute atomic E-state index is 0. The smallest absolute Gasteiger partial charge is 0.126 e. The van der Waals surface area contributed by atoms with E-state index < -0.39 is 20.8 Å². The molecule has 221 valence electrons. The van der Waals surface area contributed by atoms with Crippen LogP contribution in [0.15, 0.2) is 117 Å². The fraction of sp³-hybridized carbons (Fsp3) is 0.306. The second-order valence-corrected chi connectivity index (χ2v) is 14.3. The van der Waals surface area contributed by atoms with E-state index >= 15 is 0 Å². The molecule has 0 fully saturated rings. The summed E-state index contributed by atoms with van der Waals surface area (Å²) in [4.78, 5) is 0. The van der Waals surface area contributed by atoms with Crippen LogP contribution >= 0.6 is 17.0 Å². The molecule has 0 amide bonds.